The Morgan fingerprint density at radius 1 is 1.15 bits per heavy atom. The van der Waals surface area contributed by atoms with Crippen LogP contribution in [0.15, 0.2) is 22.7 Å². The van der Waals surface area contributed by atoms with E-state index in [4.69, 9.17) is 23.2 Å². The first kappa shape index (κ1) is 14.1. The van der Waals surface area contributed by atoms with Crippen molar-refractivity contribution in [1.29, 1.82) is 0 Å². The molecule has 1 aromatic carbocycles. The predicted molar refractivity (Wildman–Crippen MR) is 86.7 cm³/mol. The molecule has 1 aromatic heterocycles. The molecule has 1 N–H and O–H groups in total. The predicted octanol–water partition coefficient (Wildman–Crippen LogP) is 5.13. The van der Waals surface area contributed by atoms with Crippen molar-refractivity contribution < 1.29 is 0 Å². The minimum atomic E-state index is 0.521. The summed E-state index contributed by atoms with van der Waals surface area (Å²) in [5, 5.41) is 4.26. The van der Waals surface area contributed by atoms with Crippen molar-refractivity contribution in [2.75, 3.05) is 12.4 Å². The van der Waals surface area contributed by atoms with Crippen LogP contribution in [0.5, 0.6) is 0 Å². The highest BCUT2D eigenvalue weighted by Gasteiger charge is 2.29. The van der Waals surface area contributed by atoms with Gasteiger partial charge in [-0.3, -0.25) is 0 Å². The monoisotopic (exact) mass is 371 g/mol. The van der Waals surface area contributed by atoms with Gasteiger partial charge in [-0.2, -0.15) is 0 Å². The molecule has 0 saturated heterocycles. The van der Waals surface area contributed by atoms with E-state index in [1.807, 2.05) is 19.2 Å². The van der Waals surface area contributed by atoms with E-state index in [0.29, 0.717) is 21.8 Å². The molecule has 104 valence electrons. The van der Waals surface area contributed by atoms with Crippen LogP contribution in [0, 0.1) is 0 Å². The summed E-state index contributed by atoms with van der Waals surface area (Å²) < 4.78 is 0.944. The molecule has 1 fully saturated rings. The molecule has 0 spiro atoms. The summed E-state index contributed by atoms with van der Waals surface area (Å²) in [5.74, 6) is 1.95. The van der Waals surface area contributed by atoms with Gasteiger partial charge in [0, 0.05) is 28.6 Å². The Labute approximate surface area is 135 Å². The largest absolute Gasteiger partial charge is 0.372 e. The van der Waals surface area contributed by atoms with Gasteiger partial charge in [-0.05, 0) is 47.0 Å². The Kier molecular flexibility index (Phi) is 3.89. The second-order valence-electron chi connectivity index (χ2n) is 4.78. The molecule has 0 atom stereocenters. The summed E-state index contributed by atoms with van der Waals surface area (Å²) in [6.07, 6.45) is 2.35. The number of hydrogen-bond donors (Lipinski definition) is 1. The first-order valence-corrected chi connectivity index (χ1v) is 7.85. The third-order valence-corrected chi connectivity index (χ3v) is 4.42. The molecule has 1 aliphatic carbocycles. The van der Waals surface area contributed by atoms with Gasteiger partial charge in [0.15, 0.2) is 5.82 Å². The maximum atomic E-state index is 6.05. The first-order valence-electron chi connectivity index (χ1n) is 6.30. The lowest BCUT2D eigenvalue weighted by Gasteiger charge is -2.11. The van der Waals surface area contributed by atoms with Crippen LogP contribution in [0.3, 0.4) is 0 Å². The van der Waals surface area contributed by atoms with E-state index in [2.05, 4.69) is 31.2 Å². The van der Waals surface area contributed by atoms with Crippen LogP contribution in [-0.4, -0.2) is 17.0 Å². The average molecular weight is 373 g/mol. The number of benzene rings is 1. The summed E-state index contributed by atoms with van der Waals surface area (Å²) in [4.78, 5) is 9.21. The Hall–Kier alpha value is -0.840. The second-order valence-corrected chi connectivity index (χ2v) is 6.44. The molecule has 6 heteroatoms. The third-order valence-electron chi connectivity index (χ3n) is 3.20. The fraction of sp³-hybridized carbons (Fsp3) is 0.286. The quantitative estimate of drug-likeness (QED) is 0.811. The van der Waals surface area contributed by atoms with Gasteiger partial charge in [0.05, 0.1) is 10.2 Å². The normalized spacial score (nSPS) is 14.4. The molecule has 0 unspecified atom stereocenters. The van der Waals surface area contributed by atoms with Gasteiger partial charge in [-0.25, -0.2) is 9.97 Å². The number of nitrogens with one attached hydrogen (secondary N) is 1. The topological polar surface area (TPSA) is 37.8 Å². The Bertz CT molecular complexity index is 651. The van der Waals surface area contributed by atoms with Crippen LogP contribution in [-0.2, 0) is 0 Å². The van der Waals surface area contributed by atoms with Crippen LogP contribution in [0.25, 0.3) is 11.4 Å². The molecule has 3 rings (SSSR count). The number of halogens is 3. The Balaban J connectivity index is 2.15. The number of nitrogens with zero attached hydrogens (tertiary/aromatic N) is 2. The molecule has 0 radical (unpaired) electrons. The maximum absolute atomic E-state index is 6.05. The lowest BCUT2D eigenvalue weighted by Crippen LogP contribution is -2.02. The van der Waals surface area contributed by atoms with Gasteiger partial charge >= 0.3 is 0 Å². The molecule has 0 bridgehead atoms. The standard InChI is InChI=1S/C14H12BrCl2N3/c1-18-14-11(15)12(7-2-3-7)19-13(20-14)8-4-9(16)6-10(17)5-8/h4-7H,2-3H2,1H3,(H,18,19,20). The van der Waals surface area contributed by atoms with Gasteiger partial charge in [-0.1, -0.05) is 23.2 Å². The van der Waals surface area contributed by atoms with Crippen LogP contribution < -0.4 is 5.32 Å². The van der Waals surface area contributed by atoms with E-state index >= 15 is 0 Å². The molecule has 1 saturated carbocycles. The van der Waals surface area contributed by atoms with Crippen LogP contribution >= 0.6 is 39.1 Å². The minimum absolute atomic E-state index is 0.521. The van der Waals surface area contributed by atoms with Gasteiger partial charge in [0.25, 0.3) is 0 Å². The van der Waals surface area contributed by atoms with E-state index in [1.54, 1.807) is 6.07 Å². The van der Waals surface area contributed by atoms with Crippen LogP contribution in [0.2, 0.25) is 10.0 Å². The Morgan fingerprint density at radius 3 is 2.35 bits per heavy atom. The van der Waals surface area contributed by atoms with Crippen molar-refractivity contribution in [2.45, 2.75) is 18.8 Å². The van der Waals surface area contributed by atoms with Crippen LogP contribution in [0.4, 0.5) is 5.82 Å². The molecule has 3 nitrogen and oxygen atoms in total. The summed E-state index contributed by atoms with van der Waals surface area (Å²) in [6.45, 7) is 0. The van der Waals surface area contributed by atoms with Crippen LogP contribution in [0.1, 0.15) is 24.5 Å². The summed E-state index contributed by atoms with van der Waals surface area (Å²) >= 11 is 15.7. The van der Waals surface area contributed by atoms with Gasteiger partial charge in [0.1, 0.15) is 5.82 Å². The SMILES string of the molecule is CNc1nc(-c2cc(Cl)cc(Cl)c2)nc(C2CC2)c1Br. The zero-order valence-corrected chi connectivity index (χ0v) is 13.8. The minimum Gasteiger partial charge on any atom is -0.372 e. The molecule has 1 heterocycles. The summed E-state index contributed by atoms with van der Waals surface area (Å²) in [6, 6.07) is 5.35. The van der Waals surface area contributed by atoms with E-state index in [-0.39, 0.29) is 0 Å². The fourth-order valence-electron chi connectivity index (χ4n) is 2.07. The average Bonchev–Trinajstić information content (AvgIpc) is 3.22. The van der Waals surface area contributed by atoms with Crippen molar-refractivity contribution in [3.8, 4) is 11.4 Å². The number of aromatic nitrogens is 2. The van der Waals surface area contributed by atoms with E-state index < -0.39 is 0 Å². The lowest BCUT2D eigenvalue weighted by molar-refractivity contribution is 0.980. The molecule has 1 aliphatic rings. The van der Waals surface area contributed by atoms with E-state index in [0.717, 1.165) is 21.5 Å². The Morgan fingerprint density at radius 2 is 1.80 bits per heavy atom. The van der Waals surface area contributed by atoms with Crippen molar-refractivity contribution in [3.05, 3.63) is 38.4 Å². The highest BCUT2D eigenvalue weighted by molar-refractivity contribution is 9.10. The molecule has 20 heavy (non-hydrogen) atoms. The van der Waals surface area contributed by atoms with Gasteiger partial charge < -0.3 is 5.32 Å². The number of anilines is 1. The smallest absolute Gasteiger partial charge is 0.161 e. The fourth-order valence-corrected chi connectivity index (χ4v) is 3.29. The summed E-state index contributed by atoms with van der Waals surface area (Å²) in [7, 11) is 1.85. The number of hydrogen-bond acceptors (Lipinski definition) is 3. The number of rotatable bonds is 3. The van der Waals surface area contributed by atoms with Crippen molar-refractivity contribution in [2.24, 2.45) is 0 Å². The molecule has 0 amide bonds. The molecular weight excluding hydrogens is 361 g/mol. The maximum Gasteiger partial charge on any atom is 0.161 e. The lowest BCUT2D eigenvalue weighted by atomic mass is 10.2. The summed E-state index contributed by atoms with van der Waals surface area (Å²) in [5.41, 5.74) is 1.88. The second kappa shape index (κ2) is 5.51. The molecular formula is C14H12BrCl2N3. The van der Waals surface area contributed by atoms with Crippen molar-refractivity contribution in [1.82, 2.24) is 9.97 Å². The van der Waals surface area contributed by atoms with E-state index in [1.165, 1.54) is 12.8 Å². The molecule has 0 aliphatic heterocycles. The van der Waals surface area contributed by atoms with Crippen molar-refractivity contribution in [3.63, 3.8) is 0 Å². The van der Waals surface area contributed by atoms with E-state index in [9.17, 15) is 0 Å². The highest BCUT2D eigenvalue weighted by Crippen LogP contribution is 2.44. The zero-order valence-electron chi connectivity index (χ0n) is 10.8. The molecule has 2 aromatic rings. The zero-order chi connectivity index (χ0) is 14.3. The third kappa shape index (κ3) is 2.78. The first-order chi connectivity index (χ1) is 9.58. The van der Waals surface area contributed by atoms with Crippen molar-refractivity contribution >= 4 is 44.9 Å². The van der Waals surface area contributed by atoms with Gasteiger partial charge in [-0.15, -0.1) is 0 Å². The van der Waals surface area contributed by atoms with Gasteiger partial charge in [0.2, 0.25) is 0 Å². The highest BCUT2D eigenvalue weighted by atomic mass is 79.9.